The first kappa shape index (κ1) is 20.7. The Morgan fingerprint density at radius 1 is 1.06 bits per heavy atom. The highest BCUT2D eigenvalue weighted by Crippen LogP contribution is 2.29. The number of primary amides is 1. The molecule has 2 heterocycles. The van der Waals surface area contributed by atoms with Gasteiger partial charge in [-0.15, -0.1) is 0 Å². The highest BCUT2D eigenvalue weighted by molar-refractivity contribution is 9.10. The fourth-order valence-corrected chi connectivity index (χ4v) is 3.81. The SMILES string of the molecule is Cc1ccc(-c2cc(C(=O)Nc3cnn(C)c3C(N)=O)c3cc(Br)ccc3n2)cc1C. The first-order chi connectivity index (χ1) is 14.7. The number of nitrogens with two attached hydrogens (primary N) is 1. The van der Waals surface area contributed by atoms with Gasteiger partial charge in [0.05, 0.1) is 28.7 Å². The highest BCUT2D eigenvalue weighted by atomic mass is 79.9. The van der Waals surface area contributed by atoms with E-state index in [9.17, 15) is 9.59 Å². The van der Waals surface area contributed by atoms with Crippen molar-refractivity contribution in [3.05, 3.63) is 75.5 Å². The van der Waals surface area contributed by atoms with Crippen molar-refractivity contribution in [3.8, 4) is 11.3 Å². The number of rotatable bonds is 4. The molecule has 7 nitrogen and oxygen atoms in total. The van der Waals surface area contributed by atoms with Crippen molar-refractivity contribution >= 4 is 44.3 Å². The van der Waals surface area contributed by atoms with Crippen LogP contribution in [0.25, 0.3) is 22.2 Å². The fourth-order valence-electron chi connectivity index (χ4n) is 3.45. The van der Waals surface area contributed by atoms with Crippen LogP contribution in [-0.4, -0.2) is 26.6 Å². The topological polar surface area (TPSA) is 103 Å². The van der Waals surface area contributed by atoms with Gasteiger partial charge in [-0.1, -0.05) is 28.1 Å². The third-order valence-electron chi connectivity index (χ3n) is 5.24. The van der Waals surface area contributed by atoms with Crippen LogP contribution in [0.5, 0.6) is 0 Å². The predicted molar refractivity (Wildman–Crippen MR) is 124 cm³/mol. The second kappa shape index (κ2) is 7.96. The third kappa shape index (κ3) is 3.94. The predicted octanol–water partition coefficient (Wildman–Crippen LogP) is 4.37. The largest absolute Gasteiger partial charge is 0.364 e. The molecule has 0 saturated carbocycles. The van der Waals surface area contributed by atoms with Crippen molar-refractivity contribution in [1.29, 1.82) is 0 Å². The molecule has 0 saturated heterocycles. The first-order valence-electron chi connectivity index (χ1n) is 9.55. The average Bonchev–Trinajstić information content (AvgIpc) is 3.09. The van der Waals surface area contributed by atoms with Crippen LogP contribution in [0.2, 0.25) is 0 Å². The molecule has 31 heavy (non-hydrogen) atoms. The molecule has 0 spiro atoms. The van der Waals surface area contributed by atoms with E-state index in [1.165, 1.54) is 16.4 Å². The molecule has 0 radical (unpaired) electrons. The molecule has 0 aliphatic rings. The van der Waals surface area contributed by atoms with Gasteiger partial charge in [0.25, 0.3) is 11.8 Å². The van der Waals surface area contributed by atoms with E-state index in [1.807, 2.05) is 44.2 Å². The van der Waals surface area contributed by atoms with Gasteiger partial charge in [0.15, 0.2) is 0 Å². The molecule has 4 rings (SSSR count). The van der Waals surface area contributed by atoms with Gasteiger partial charge in [0, 0.05) is 22.5 Å². The van der Waals surface area contributed by atoms with Gasteiger partial charge in [-0.05, 0) is 55.3 Å². The van der Waals surface area contributed by atoms with Crippen molar-refractivity contribution in [2.24, 2.45) is 12.8 Å². The van der Waals surface area contributed by atoms with Crippen LogP contribution in [-0.2, 0) is 7.05 Å². The zero-order valence-electron chi connectivity index (χ0n) is 17.2. The van der Waals surface area contributed by atoms with Crippen molar-refractivity contribution < 1.29 is 9.59 Å². The summed E-state index contributed by atoms with van der Waals surface area (Å²) in [5.74, 6) is -1.06. The van der Waals surface area contributed by atoms with Crippen molar-refractivity contribution in [2.75, 3.05) is 5.32 Å². The Balaban J connectivity index is 1.85. The normalized spacial score (nSPS) is 11.0. The molecule has 0 atom stereocenters. The van der Waals surface area contributed by atoms with Crippen LogP contribution >= 0.6 is 15.9 Å². The van der Waals surface area contributed by atoms with E-state index in [0.29, 0.717) is 22.2 Å². The number of hydrogen-bond acceptors (Lipinski definition) is 4. The lowest BCUT2D eigenvalue weighted by molar-refractivity contribution is 0.0992. The Morgan fingerprint density at radius 3 is 2.55 bits per heavy atom. The van der Waals surface area contributed by atoms with Gasteiger partial charge in [-0.2, -0.15) is 5.10 Å². The number of nitrogens with one attached hydrogen (secondary N) is 1. The van der Waals surface area contributed by atoms with Crippen LogP contribution in [0.3, 0.4) is 0 Å². The minimum absolute atomic E-state index is 0.127. The lowest BCUT2D eigenvalue weighted by Gasteiger charge is -2.12. The molecule has 156 valence electrons. The molecule has 2 amide bonds. The van der Waals surface area contributed by atoms with Gasteiger partial charge in [-0.3, -0.25) is 14.3 Å². The zero-order valence-corrected chi connectivity index (χ0v) is 18.8. The molecule has 0 bridgehead atoms. The summed E-state index contributed by atoms with van der Waals surface area (Å²) >= 11 is 3.46. The van der Waals surface area contributed by atoms with E-state index < -0.39 is 5.91 Å². The Kier molecular flexibility index (Phi) is 5.32. The summed E-state index contributed by atoms with van der Waals surface area (Å²) in [5.41, 5.74) is 10.9. The van der Waals surface area contributed by atoms with E-state index in [0.717, 1.165) is 15.6 Å². The summed E-state index contributed by atoms with van der Waals surface area (Å²) in [6.45, 7) is 4.09. The maximum atomic E-state index is 13.3. The number of halogens is 1. The molecular formula is C23H20BrN5O2. The Bertz CT molecular complexity index is 1360. The Labute approximate surface area is 187 Å². The highest BCUT2D eigenvalue weighted by Gasteiger charge is 2.20. The number of anilines is 1. The van der Waals surface area contributed by atoms with E-state index in [1.54, 1.807) is 13.1 Å². The molecule has 4 aromatic rings. The summed E-state index contributed by atoms with van der Waals surface area (Å²) in [5, 5.41) is 7.48. The minimum Gasteiger partial charge on any atom is -0.364 e. The van der Waals surface area contributed by atoms with Crippen molar-refractivity contribution in [1.82, 2.24) is 14.8 Å². The smallest absolute Gasteiger partial charge is 0.269 e. The second-order valence-corrected chi connectivity index (χ2v) is 8.28. The van der Waals surface area contributed by atoms with Crippen LogP contribution < -0.4 is 11.1 Å². The maximum Gasteiger partial charge on any atom is 0.269 e. The van der Waals surface area contributed by atoms with E-state index in [4.69, 9.17) is 10.7 Å². The third-order valence-corrected chi connectivity index (χ3v) is 5.73. The number of carbonyl (C=O) groups excluding carboxylic acids is 2. The van der Waals surface area contributed by atoms with Gasteiger partial charge < -0.3 is 11.1 Å². The first-order valence-corrected chi connectivity index (χ1v) is 10.3. The van der Waals surface area contributed by atoms with Crippen LogP contribution in [0.4, 0.5) is 5.69 Å². The van der Waals surface area contributed by atoms with E-state index in [2.05, 4.69) is 32.4 Å². The molecule has 0 aliphatic carbocycles. The van der Waals surface area contributed by atoms with E-state index in [-0.39, 0.29) is 17.3 Å². The molecule has 0 aliphatic heterocycles. The number of aryl methyl sites for hydroxylation is 3. The number of benzene rings is 2. The van der Waals surface area contributed by atoms with Crippen molar-refractivity contribution in [2.45, 2.75) is 13.8 Å². The van der Waals surface area contributed by atoms with Gasteiger partial charge in [0.1, 0.15) is 5.69 Å². The summed E-state index contributed by atoms with van der Waals surface area (Å²) in [6.07, 6.45) is 1.40. The monoisotopic (exact) mass is 477 g/mol. The van der Waals surface area contributed by atoms with Gasteiger partial charge in [-0.25, -0.2) is 4.98 Å². The molecular weight excluding hydrogens is 458 g/mol. The molecule has 0 fully saturated rings. The molecule has 0 unspecified atom stereocenters. The van der Waals surface area contributed by atoms with Crippen LogP contribution in [0.1, 0.15) is 32.0 Å². The number of carbonyl (C=O) groups is 2. The second-order valence-electron chi connectivity index (χ2n) is 7.36. The lowest BCUT2D eigenvalue weighted by atomic mass is 10.0. The van der Waals surface area contributed by atoms with Crippen LogP contribution in [0.15, 0.2) is 53.1 Å². The quantitative estimate of drug-likeness (QED) is 0.455. The standard InChI is InChI=1S/C23H20BrN5O2/c1-12-4-5-14(8-13(12)2)19-10-17(16-9-15(24)6-7-18(16)27-19)23(31)28-20-11-26-29(3)21(20)22(25)30/h4-11H,1-3H3,(H2,25,30)(H,28,31). The number of amides is 2. The molecule has 2 aromatic heterocycles. The zero-order chi connectivity index (χ0) is 22.3. The molecule has 2 aromatic carbocycles. The minimum atomic E-state index is -0.673. The van der Waals surface area contributed by atoms with Crippen LogP contribution in [0, 0.1) is 13.8 Å². The van der Waals surface area contributed by atoms with Gasteiger partial charge in [0.2, 0.25) is 0 Å². The number of nitrogens with zero attached hydrogens (tertiary/aromatic N) is 3. The average molecular weight is 478 g/mol. The number of pyridine rings is 1. The number of aromatic nitrogens is 3. The number of hydrogen-bond donors (Lipinski definition) is 2. The molecule has 8 heteroatoms. The summed E-state index contributed by atoms with van der Waals surface area (Å²) < 4.78 is 2.16. The van der Waals surface area contributed by atoms with Crippen molar-refractivity contribution in [3.63, 3.8) is 0 Å². The maximum absolute atomic E-state index is 13.3. The Morgan fingerprint density at radius 2 is 1.84 bits per heavy atom. The number of fused-ring (bicyclic) bond motifs is 1. The summed E-state index contributed by atoms with van der Waals surface area (Å²) in [6, 6.07) is 13.4. The lowest BCUT2D eigenvalue weighted by Crippen LogP contribution is -2.20. The fraction of sp³-hybridized carbons (Fsp3) is 0.130. The molecule has 3 N–H and O–H groups in total. The van der Waals surface area contributed by atoms with Gasteiger partial charge >= 0.3 is 0 Å². The van der Waals surface area contributed by atoms with E-state index >= 15 is 0 Å². The summed E-state index contributed by atoms with van der Waals surface area (Å²) in [7, 11) is 1.59. The summed E-state index contributed by atoms with van der Waals surface area (Å²) in [4.78, 5) is 29.8. The Hall–Kier alpha value is -3.52.